The van der Waals surface area contributed by atoms with Crippen molar-refractivity contribution in [2.45, 2.75) is 13.0 Å². The van der Waals surface area contributed by atoms with E-state index in [4.69, 9.17) is 9.47 Å². The molecule has 0 radical (unpaired) electrons. The fraction of sp³-hybridized carbons (Fsp3) is 0.458. The number of para-hydroxylation sites is 1. The first-order valence-electron chi connectivity index (χ1n) is 10.7. The number of hydrogen-bond acceptors (Lipinski definition) is 5. The van der Waals surface area contributed by atoms with Crippen molar-refractivity contribution in [1.82, 2.24) is 15.1 Å². The fourth-order valence-corrected chi connectivity index (χ4v) is 3.63. The van der Waals surface area contributed by atoms with Crippen LogP contribution < -0.4 is 10.1 Å². The Kier molecular flexibility index (Phi) is 9.15. The first-order chi connectivity index (χ1) is 14.8. The van der Waals surface area contributed by atoms with E-state index in [1.807, 2.05) is 18.2 Å². The van der Waals surface area contributed by atoms with E-state index in [-0.39, 0.29) is 5.91 Å². The van der Waals surface area contributed by atoms with Gasteiger partial charge in [-0.15, -0.1) is 0 Å². The lowest BCUT2D eigenvalue weighted by Crippen LogP contribution is -2.46. The predicted octanol–water partition coefficient (Wildman–Crippen LogP) is 2.65. The van der Waals surface area contributed by atoms with Crippen molar-refractivity contribution in [2.24, 2.45) is 0 Å². The summed E-state index contributed by atoms with van der Waals surface area (Å²) in [7, 11) is 1.63. The van der Waals surface area contributed by atoms with E-state index >= 15 is 0 Å². The standard InChI is InChI=1S/C24H33N3O3/c1-29-18-19-30-23-11-6-5-10-22(23)24(28)25-12-7-13-26-14-16-27(17-15-26)20-21-8-3-2-4-9-21/h2-6,8-11H,7,12-20H2,1H3,(H,25,28). The summed E-state index contributed by atoms with van der Waals surface area (Å²) >= 11 is 0. The number of piperazine rings is 1. The number of carbonyl (C=O) groups is 1. The van der Waals surface area contributed by atoms with Crippen molar-refractivity contribution in [2.75, 3.05) is 59.6 Å². The molecule has 1 amide bonds. The highest BCUT2D eigenvalue weighted by molar-refractivity contribution is 5.96. The summed E-state index contributed by atoms with van der Waals surface area (Å²) in [6.45, 7) is 7.96. The van der Waals surface area contributed by atoms with Gasteiger partial charge in [-0.1, -0.05) is 42.5 Å². The second-order valence-corrected chi connectivity index (χ2v) is 7.55. The average Bonchev–Trinajstić information content (AvgIpc) is 2.79. The summed E-state index contributed by atoms with van der Waals surface area (Å²) in [6, 6.07) is 18.0. The number of methoxy groups -OCH3 is 1. The third-order valence-electron chi connectivity index (χ3n) is 5.33. The monoisotopic (exact) mass is 411 g/mol. The molecule has 0 aliphatic carbocycles. The van der Waals surface area contributed by atoms with Gasteiger partial charge >= 0.3 is 0 Å². The Hall–Kier alpha value is -2.41. The third-order valence-corrected chi connectivity index (χ3v) is 5.33. The third kappa shape index (κ3) is 7.13. The number of ether oxygens (including phenoxy) is 2. The zero-order valence-corrected chi connectivity index (χ0v) is 17.9. The van der Waals surface area contributed by atoms with Crippen LogP contribution >= 0.6 is 0 Å². The zero-order valence-electron chi connectivity index (χ0n) is 17.9. The fourth-order valence-electron chi connectivity index (χ4n) is 3.63. The summed E-state index contributed by atoms with van der Waals surface area (Å²) in [5.74, 6) is 0.511. The van der Waals surface area contributed by atoms with Gasteiger partial charge in [0.2, 0.25) is 0 Å². The molecule has 3 rings (SSSR count). The molecule has 1 saturated heterocycles. The van der Waals surface area contributed by atoms with Crippen molar-refractivity contribution in [1.29, 1.82) is 0 Å². The van der Waals surface area contributed by atoms with Crippen LogP contribution in [0.5, 0.6) is 5.75 Å². The van der Waals surface area contributed by atoms with Gasteiger partial charge in [0, 0.05) is 46.4 Å². The minimum Gasteiger partial charge on any atom is -0.490 e. The van der Waals surface area contributed by atoms with Crippen LogP contribution in [0.2, 0.25) is 0 Å². The van der Waals surface area contributed by atoms with E-state index in [0.29, 0.717) is 31.1 Å². The lowest BCUT2D eigenvalue weighted by Gasteiger charge is -2.34. The molecule has 6 heteroatoms. The maximum Gasteiger partial charge on any atom is 0.255 e. The summed E-state index contributed by atoms with van der Waals surface area (Å²) < 4.78 is 10.7. The van der Waals surface area contributed by atoms with Crippen molar-refractivity contribution < 1.29 is 14.3 Å². The Morgan fingerprint density at radius 3 is 2.40 bits per heavy atom. The van der Waals surface area contributed by atoms with Gasteiger partial charge in [-0.05, 0) is 30.7 Å². The Bertz CT molecular complexity index is 761. The molecule has 0 spiro atoms. The highest BCUT2D eigenvalue weighted by Gasteiger charge is 2.17. The van der Waals surface area contributed by atoms with Gasteiger partial charge in [0.1, 0.15) is 12.4 Å². The van der Waals surface area contributed by atoms with E-state index in [0.717, 1.165) is 45.7 Å². The van der Waals surface area contributed by atoms with Crippen molar-refractivity contribution >= 4 is 5.91 Å². The molecule has 1 aliphatic heterocycles. The second-order valence-electron chi connectivity index (χ2n) is 7.55. The molecule has 1 N–H and O–H groups in total. The topological polar surface area (TPSA) is 54.0 Å². The van der Waals surface area contributed by atoms with Gasteiger partial charge in [-0.25, -0.2) is 0 Å². The van der Waals surface area contributed by atoms with E-state index in [1.54, 1.807) is 13.2 Å². The van der Waals surface area contributed by atoms with Gasteiger partial charge < -0.3 is 19.7 Å². The second kappa shape index (κ2) is 12.3. The molecule has 1 aliphatic rings. The lowest BCUT2D eigenvalue weighted by atomic mass is 10.2. The highest BCUT2D eigenvalue weighted by Crippen LogP contribution is 2.17. The molecular weight excluding hydrogens is 378 g/mol. The van der Waals surface area contributed by atoms with E-state index in [2.05, 4.69) is 45.4 Å². The van der Waals surface area contributed by atoms with Crippen LogP contribution in [-0.2, 0) is 11.3 Å². The van der Waals surface area contributed by atoms with Crippen LogP contribution in [0.4, 0.5) is 0 Å². The largest absolute Gasteiger partial charge is 0.490 e. The van der Waals surface area contributed by atoms with Crippen molar-refractivity contribution in [3.05, 3.63) is 65.7 Å². The molecule has 0 atom stereocenters. The maximum atomic E-state index is 12.5. The summed E-state index contributed by atoms with van der Waals surface area (Å²) in [4.78, 5) is 17.5. The van der Waals surface area contributed by atoms with E-state index < -0.39 is 0 Å². The summed E-state index contributed by atoms with van der Waals surface area (Å²) in [5.41, 5.74) is 1.95. The molecule has 162 valence electrons. The molecule has 2 aromatic rings. The molecule has 1 heterocycles. The van der Waals surface area contributed by atoms with Gasteiger partial charge in [0.25, 0.3) is 5.91 Å². The van der Waals surface area contributed by atoms with Gasteiger partial charge in [-0.3, -0.25) is 9.69 Å². The first kappa shape index (κ1) is 22.3. The minimum absolute atomic E-state index is 0.0873. The molecule has 6 nitrogen and oxygen atoms in total. The maximum absolute atomic E-state index is 12.5. The molecule has 30 heavy (non-hydrogen) atoms. The number of nitrogens with one attached hydrogen (secondary N) is 1. The predicted molar refractivity (Wildman–Crippen MR) is 119 cm³/mol. The van der Waals surface area contributed by atoms with Gasteiger partial charge in [0.05, 0.1) is 12.2 Å². The number of hydrogen-bond donors (Lipinski definition) is 1. The molecule has 0 bridgehead atoms. The van der Waals surface area contributed by atoms with Crippen LogP contribution in [0.25, 0.3) is 0 Å². The van der Waals surface area contributed by atoms with Gasteiger partial charge in [0.15, 0.2) is 0 Å². The van der Waals surface area contributed by atoms with Crippen LogP contribution in [0.3, 0.4) is 0 Å². The van der Waals surface area contributed by atoms with Gasteiger partial charge in [-0.2, -0.15) is 0 Å². The summed E-state index contributed by atoms with van der Waals surface area (Å²) in [5, 5.41) is 3.02. The number of rotatable bonds is 11. The van der Waals surface area contributed by atoms with Crippen LogP contribution in [0.1, 0.15) is 22.3 Å². The van der Waals surface area contributed by atoms with Crippen LogP contribution in [0, 0.1) is 0 Å². The van der Waals surface area contributed by atoms with Crippen LogP contribution in [0.15, 0.2) is 54.6 Å². The normalized spacial score (nSPS) is 15.1. The number of benzene rings is 2. The molecular formula is C24H33N3O3. The number of amides is 1. The Balaban J connectivity index is 1.33. The SMILES string of the molecule is COCCOc1ccccc1C(=O)NCCCN1CCN(Cc2ccccc2)CC1. The molecule has 0 unspecified atom stereocenters. The Labute approximate surface area is 179 Å². The Morgan fingerprint density at radius 1 is 0.933 bits per heavy atom. The van der Waals surface area contributed by atoms with E-state index in [1.165, 1.54) is 5.56 Å². The molecule has 1 fully saturated rings. The average molecular weight is 412 g/mol. The Morgan fingerprint density at radius 2 is 1.63 bits per heavy atom. The highest BCUT2D eigenvalue weighted by atomic mass is 16.5. The first-order valence-corrected chi connectivity index (χ1v) is 10.7. The summed E-state index contributed by atoms with van der Waals surface area (Å²) in [6.07, 6.45) is 0.942. The van der Waals surface area contributed by atoms with Crippen molar-refractivity contribution in [3.8, 4) is 5.75 Å². The van der Waals surface area contributed by atoms with Crippen LogP contribution in [-0.4, -0.2) is 75.3 Å². The minimum atomic E-state index is -0.0873. The lowest BCUT2D eigenvalue weighted by molar-refractivity contribution is 0.0939. The zero-order chi connectivity index (χ0) is 21.0. The molecule has 2 aromatic carbocycles. The number of carbonyl (C=O) groups excluding carboxylic acids is 1. The van der Waals surface area contributed by atoms with Crippen molar-refractivity contribution in [3.63, 3.8) is 0 Å². The number of nitrogens with zero attached hydrogens (tertiary/aromatic N) is 2. The quantitative estimate of drug-likeness (QED) is 0.576. The smallest absolute Gasteiger partial charge is 0.255 e. The molecule has 0 aromatic heterocycles. The molecule has 0 saturated carbocycles. The van der Waals surface area contributed by atoms with E-state index in [9.17, 15) is 4.79 Å².